The van der Waals surface area contributed by atoms with Crippen LogP contribution >= 0.6 is 0 Å². The maximum atomic E-state index is 13.9. The van der Waals surface area contributed by atoms with Crippen molar-refractivity contribution in [3.8, 4) is 11.1 Å². The molecule has 2 aromatic carbocycles. The highest BCUT2D eigenvalue weighted by Gasteiger charge is 2.33. The van der Waals surface area contributed by atoms with Gasteiger partial charge in [-0.25, -0.2) is 26.9 Å². The van der Waals surface area contributed by atoms with E-state index < -0.39 is 40.3 Å². The summed E-state index contributed by atoms with van der Waals surface area (Å²) >= 11 is 0. The summed E-state index contributed by atoms with van der Waals surface area (Å²) in [6.07, 6.45) is 0. The average Bonchev–Trinajstić information content (AvgIpc) is 2.64. The van der Waals surface area contributed by atoms with E-state index in [2.05, 4.69) is 9.98 Å². The highest BCUT2D eigenvalue weighted by Crippen LogP contribution is 2.31. The molecule has 1 heterocycles. The van der Waals surface area contributed by atoms with Gasteiger partial charge in [0.25, 0.3) is 0 Å². The zero-order chi connectivity index (χ0) is 21.5. The predicted molar refractivity (Wildman–Crippen MR) is 95.6 cm³/mol. The number of benzene rings is 2. The summed E-state index contributed by atoms with van der Waals surface area (Å²) in [4.78, 5) is 13.5. The number of aliphatic imine (C=N–C) groups is 2. The maximum Gasteiger partial charge on any atom is 0.226 e. The zero-order valence-electron chi connectivity index (χ0n) is 15.3. The minimum atomic E-state index is -2.21. The molecule has 2 aromatic rings. The second-order valence-corrected chi connectivity index (χ2v) is 6.64. The molecule has 0 bridgehead atoms. The van der Waals surface area contributed by atoms with Crippen molar-refractivity contribution < 1.29 is 26.8 Å². The summed E-state index contributed by atoms with van der Waals surface area (Å²) in [6.45, 7) is 3.34. The molecule has 0 fully saturated rings. The van der Waals surface area contributed by atoms with E-state index in [4.69, 9.17) is 16.3 Å². The Hall–Kier alpha value is -3.21. The molecule has 3 rings (SSSR count). The summed E-state index contributed by atoms with van der Waals surface area (Å²) in [7, 11) is 0. The number of halogens is 5. The Bertz CT molecular complexity index is 991. The number of hydrogen-bond donors (Lipinski definition) is 2. The SMILES string of the molecule is CC1(C)N=C(N)N=C(N)N1OCc1ccc(-c2c(F)c(F)c(F)c(F)c2F)cc1. The molecule has 6 nitrogen and oxygen atoms in total. The van der Waals surface area contributed by atoms with Gasteiger partial charge >= 0.3 is 0 Å². The van der Waals surface area contributed by atoms with Crippen LogP contribution in [0.3, 0.4) is 0 Å². The van der Waals surface area contributed by atoms with Gasteiger partial charge in [-0.2, -0.15) is 10.1 Å². The van der Waals surface area contributed by atoms with E-state index in [-0.39, 0.29) is 24.1 Å². The molecule has 1 aliphatic heterocycles. The van der Waals surface area contributed by atoms with Crippen LogP contribution in [0.1, 0.15) is 19.4 Å². The highest BCUT2D eigenvalue weighted by atomic mass is 19.2. The van der Waals surface area contributed by atoms with Crippen molar-refractivity contribution in [1.29, 1.82) is 0 Å². The largest absolute Gasteiger partial charge is 0.368 e. The second-order valence-electron chi connectivity index (χ2n) is 6.64. The first-order valence-electron chi connectivity index (χ1n) is 8.26. The number of guanidine groups is 2. The van der Waals surface area contributed by atoms with Crippen molar-refractivity contribution in [2.45, 2.75) is 26.1 Å². The maximum absolute atomic E-state index is 13.9. The molecular weight excluding hydrogens is 397 g/mol. The molecule has 0 aromatic heterocycles. The highest BCUT2D eigenvalue weighted by molar-refractivity contribution is 5.95. The number of hydrogen-bond acceptors (Lipinski definition) is 6. The van der Waals surface area contributed by atoms with Gasteiger partial charge in [-0.15, -0.1) is 0 Å². The lowest BCUT2D eigenvalue weighted by molar-refractivity contribution is -0.166. The van der Waals surface area contributed by atoms with Crippen molar-refractivity contribution in [1.82, 2.24) is 5.06 Å². The molecule has 0 spiro atoms. The third-order valence-electron chi connectivity index (χ3n) is 4.14. The molecule has 154 valence electrons. The van der Waals surface area contributed by atoms with Gasteiger partial charge in [-0.05, 0) is 25.0 Å². The quantitative estimate of drug-likeness (QED) is 0.458. The normalized spacial score (nSPS) is 15.9. The number of rotatable bonds is 4. The molecule has 29 heavy (non-hydrogen) atoms. The van der Waals surface area contributed by atoms with Gasteiger partial charge in [0.2, 0.25) is 17.7 Å². The van der Waals surface area contributed by atoms with Crippen LogP contribution in [0.4, 0.5) is 22.0 Å². The minimum Gasteiger partial charge on any atom is -0.368 e. The van der Waals surface area contributed by atoms with E-state index in [0.717, 1.165) is 0 Å². The van der Waals surface area contributed by atoms with Gasteiger partial charge < -0.3 is 11.5 Å². The van der Waals surface area contributed by atoms with E-state index in [1.807, 2.05) is 0 Å². The Labute approximate surface area is 162 Å². The van der Waals surface area contributed by atoms with E-state index in [1.165, 1.54) is 29.3 Å². The molecule has 0 unspecified atom stereocenters. The minimum absolute atomic E-state index is 0.000446. The molecule has 1 aliphatic rings. The summed E-state index contributed by atoms with van der Waals surface area (Å²) in [5, 5.41) is 1.24. The van der Waals surface area contributed by atoms with Gasteiger partial charge in [0.05, 0.1) is 5.56 Å². The van der Waals surface area contributed by atoms with Crippen molar-refractivity contribution in [2.75, 3.05) is 0 Å². The Morgan fingerprint density at radius 1 is 0.897 bits per heavy atom. The summed E-state index contributed by atoms with van der Waals surface area (Å²) < 4.78 is 67.9. The fourth-order valence-corrected chi connectivity index (χ4v) is 2.78. The fourth-order valence-electron chi connectivity index (χ4n) is 2.78. The van der Waals surface area contributed by atoms with Crippen LogP contribution in [0.5, 0.6) is 0 Å². The molecular formula is C18H16F5N5O. The van der Waals surface area contributed by atoms with Crippen molar-refractivity contribution in [3.05, 3.63) is 58.9 Å². The van der Waals surface area contributed by atoms with E-state index in [9.17, 15) is 22.0 Å². The number of nitrogens with two attached hydrogens (primary N) is 2. The van der Waals surface area contributed by atoms with Crippen molar-refractivity contribution in [3.63, 3.8) is 0 Å². The molecule has 0 atom stereocenters. The van der Waals surface area contributed by atoms with Gasteiger partial charge in [0, 0.05) is 0 Å². The predicted octanol–water partition coefficient (Wildman–Crippen LogP) is 3.16. The lowest BCUT2D eigenvalue weighted by Crippen LogP contribution is -2.53. The van der Waals surface area contributed by atoms with Gasteiger partial charge in [-0.1, -0.05) is 24.3 Å². The molecule has 4 N–H and O–H groups in total. The van der Waals surface area contributed by atoms with Crippen LogP contribution in [-0.4, -0.2) is 22.6 Å². The molecule has 0 radical (unpaired) electrons. The average molecular weight is 413 g/mol. The van der Waals surface area contributed by atoms with Gasteiger partial charge in [-0.3, -0.25) is 4.84 Å². The van der Waals surface area contributed by atoms with E-state index >= 15 is 0 Å². The molecule has 0 saturated carbocycles. The van der Waals surface area contributed by atoms with Crippen LogP contribution in [0.15, 0.2) is 34.3 Å². The Kier molecular flexibility index (Phi) is 5.18. The lowest BCUT2D eigenvalue weighted by Gasteiger charge is -2.36. The molecule has 11 heteroatoms. The molecule has 0 saturated heterocycles. The van der Waals surface area contributed by atoms with Crippen LogP contribution in [-0.2, 0) is 11.4 Å². The summed E-state index contributed by atoms with van der Waals surface area (Å²) in [6, 6.07) is 5.25. The first-order valence-corrected chi connectivity index (χ1v) is 8.26. The van der Waals surface area contributed by atoms with Crippen LogP contribution < -0.4 is 11.5 Å². The summed E-state index contributed by atoms with van der Waals surface area (Å²) in [5.74, 6) is -10.0. The fraction of sp³-hybridized carbons (Fsp3) is 0.222. The van der Waals surface area contributed by atoms with E-state index in [1.54, 1.807) is 13.8 Å². The smallest absolute Gasteiger partial charge is 0.226 e. The van der Waals surface area contributed by atoms with Gasteiger partial charge in [0.15, 0.2) is 28.9 Å². The second kappa shape index (κ2) is 7.32. The topological polar surface area (TPSA) is 89.2 Å². The third-order valence-corrected chi connectivity index (χ3v) is 4.14. The first kappa shape index (κ1) is 20.5. The molecule has 0 aliphatic carbocycles. The Morgan fingerprint density at radius 3 is 1.93 bits per heavy atom. The monoisotopic (exact) mass is 413 g/mol. The van der Waals surface area contributed by atoms with Gasteiger partial charge in [0.1, 0.15) is 6.61 Å². The number of hydroxylamine groups is 2. The molecule has 0 amide bonds. The lowest BCUT2D eigenvalue weighted by atomic mass is 10.0. The van der Waals surface area contributed by atoms with Crippen molar-refractivity contribution >= 4 is 11.9 Å². The summed E-state index contributed by atoms with van der Waals surface area (Å²) in [5.41, 5.74) is 9.76. The third kappa shape index (κ3) is 3.73. The Balaban J connectivity index is 1.82. The first-order chi connectivity index (χ1) is 13.5. The van der Waals surface area contributed by atoms with Crippen LogP contribution in [0, 0.1) is 29.1 Å². The Morgan fingerprint density at radius 2 is 1.41 bits per heavy atom. The van der Waals surface area contributed by atoms with E-state index in [0.29, 0.717) is 5.56 Å². The van der Waals surface area contributed by atoms with Crippen molar-refractivity contribution in [2.24, 2.45) is 21.5 Å². The van der Waals surface area contributed by atoms with Crippen LogP contribution in [0.25, 0.3) is 11.1 Å². The van der Waals surface area contributed by atoms with Crippen LogP contribution in [0.2, 0.25) is 0 Å². The zero-order valence-corrected chi connectivity index (χ0v) is 15.3. The number of nitrogens with zero attached hydrogens (tertiary/aromatic N) is 3. The standard InChI is InChI=1S/C18H16F5N5O/c1-18(2)27-16(24)26-17(25)28(18)29-7-8-3-5-9(6-4-8)10-11(19)13(21)15(23)14(22)12(10)20/h3-6H,7H2,1-2H3,(H4,24,25,26,27).